The van der Waals surface area contributed by atoms with Gasteiger partial charge in [0.05, 0.1) is 19.6 Å². The Kier molecular flexibility index (Phi) is 6.69. The highest BCUT2D eigenvalue weighted by Gasteiger charge is 2.39. The van der Waals surface area contributed by atoms with E-state index < -0.39 is 5.60 Å². The molecule has 1 fully saturated rings. The highest BCUT2D eigenvalue weighted by molar-refractivity contribution is 5.76. The number of methoxy groups -OCH3 is 1. The van der Waals surface area contributed by atoms with Crippen LogP contribution in [-0.2, 0) is 20.8 Å². The first-order valence-electron chi connectivity index (χ1n) is 8.39. The number of anilines is 1. The number of rotatable bonds is 7. The first-order valence-corrected chi connectivity index (χ1v) is 8.39. The molecule has 1 aliphatic heterocycles. The Morgan fingerprint density at radius 1 is 1.32 bits per heavy atom. The molecule has 0 unspecified atom stereocenters. The third kappa shape index (κ3) is 5.35. The molecule has 0 N–H and O–H groups in total. The van der Waals surface area contributed by atoms with E-state index >= 15 is 0 Å². The van der Waals surface area contributed by atoms with Gasteiger partial charge in [0.1, 0.15) is 5.60 Å². The van der Waals surface area contributed by atoms with Crippen LogP contribution in [0.15, 0.2) is 12.4 Å². The monoisotopic (exact) mass is 351 g/mol. The van der Waals surface area contributed by atoms with Crippen molar-refractivity contribution in [3.63, 3.8) is 0 Å². The number of ether oxygens (including phenoxy) is 2. The van der Waals surface area contributed by atoms with E-state index in [0.717, 1.165) is 18.7 Å². The quantitative estimate of drug-likeness (QED) is 0.697. The van der Waals surface area contributed by atoms with Crippen LogP contribution in [0.25, 0.3) is 0 Å². The van der Waals surface area contributed by atoms with Crippen molar-refractivity contribution in [2.24, 2.45) is 0 Å². The maximum atomic E-state index is 12.2. The molecule has 2 rings (SSSR count). The number of hydrogen-bond acceptors (Lipinski definition) is 7. The molecule has 8 heteroatoms. The minimum Gasteiger partial charge on any atom is -0.382 e. The summed E-state index contributed by atoms with van der Waals surface area (Å²) >= 11 is 0. The van der Waals surface area contributed by atoms with Crippen LogP contribution >= 0.6 is 0 Å². The molecule has 0 spiro atoms. The number of amides is 1. The van der Waals surface area contributed by atoms with Crippen molar-refractivity contribution in [1.82, 2.24) is 19.8 Å². The molecule has 2 heterocycles. The summed E-state index contributed by atoms with van der Waals surface area (Å²) in [5.41, 5.74) is 0.427. The molecule has 25 heavy (non-hydrogen) atoms. The van der Waals surface area contributed by atoms with Gasteiger partial charge in [-0.3, -0.25) is 9.69 Å². The topological polar surface area (TPSA) is 71.0 Å². The molecule has 0 aliphatic carbocycles. The van der Waals surface area contributed by atoms with Crippen LogP contribution in [0.3, 0.4) is 0 Å². The largest absolute Gasteiger partial charge is 0.382 e. The Bertz CT molecular complexity index is 560. The van der Waals surface area contributed by atoms with Crippen LogP contribution in [0.5, 0.6) is 0 Å². The van der Waals surface area contributed by atoms with Gasteiger partial charge in [-0.2, -0.15) is 0 Å². The van der Waals surface area contributed by atoms with Gasteiger partial charge in [-0.25, -0.2) is 9.97 Å². The Balaban J connectivity index is 2.05. The van der Waals surface area contributed by atoms with Crippen molar-refractivity contribution in [3.05, 3.63) is 18.0 Å². The predicted molar refractivity (Wildman–Crippen MR) is 95.5 cm³/mol. The molecule has 0 bridgehead atoms. The fraction of sp³-hybridized carbons (Fsp3) is 0.706. The minimum atomic E-state index is -0.612. The molecule has 1 aromatic rings. The first kappa shape index (κ1) is 19.6. The number of carbonyl (C=O) groups is 1. The van der Waals surface area contributed by atoms with Gasteiger partial charge in [0.25, 0.3) is 0 Å². The maximum absolute atomic E-state index is 12.2. The van der Waals surface area contributed by atoms with Crippen molar-refractivity contribution in [2.75, 3.05) is 66.5 Å². The molecular weight excluding hydrogens is 322 g/mol. The van der Waals surface area contributed by atoms with Crippen LogP contribution in [0.1, 0.15) is 12.0 Å². The van der Waals surface area contributed by atoms with Gasteiger partial charge < -0.3 is 19.3 Å². The number of nitrogens with zero attached hydrogens (tertiary/aromatic N) is 5. The summed E-state index contributed by atoms with van der Waals surface area (Å²) in [4.78, 5) is 26.6. The molecule has 140 valence electrons. The number of morpholine rings is 1. The Hall–Kier alpha value is -1.77. The zero-order valence-electron chi connectivity index (χ0n) is 15.9. The van der Waals surface area contributed by atoms with E-state index in [9.17, 15) is 4.79 Å². The second-order valence-electron chi connectivity index (χ2n) is 6.93. The average molecular weight is 351 g/mol. The van der Waals surface area contributed by atoms with Gasteiger partial charge >= 0.3 is 0 Å². The molecule has 8 nitrogen and oxygen atoms in total. The van der Waals surface area contributed by atoms with Crippen LogP contribution in [0.4, 0.5) is 5.95 Å². The lowest BCUT2D eigenvalue weighted by Gasteiger charge is -2.42. The minimum absolute atomic E-state index is 0.0394. The van der Waals surface area contributed by atoms with Gasteiger partial charge in [-0.1, -0.05) is 0 Å². The highest BCUT2D eigenvalue weighted by atomic mass is 16.5. The fourth-order valence-electron chi connectivity index (χ4n) is 2.92. The maximum Gasteiger partial charge on any atom is 0.225 e. The van der Waals surface area contributed by atoms with E-state index in [1.165, 1.54) is 0 Å². The van der Waals surface area contributed by atoms with Gasteiger partial charge in [0.15, 0.2) is 0 Å². The summed E-state index contributed by atoms with van der Waals surface area (Å²) in [6, 6.07) is 0. The Labute approximate surface area is 149 Å². The van der Waals surface area contributed by atoms with Crippen LogP contribution in [0, 0.1) is 0 Å². The smallest absolute Gasteiger partial charge is 0.225 e. The van der Waals surface area contributed by atoms with Crippen molar-refractivity contribution >= 4 is 11.9 Å². The molecule has 0 radical (unpaired) electrons. The Morgan fingerprint density at radius 3 is 2.56 bits per heavy atom. The summed E-state index contributed by atoms with van der Waals surface area (Å²) < 4.78 is 11.3. The molecule has 1 aliphatic rings. The third-order valence-electron chi connectivity index (χ3n) is 4.20. The van der Waals surface area contributed by atoms with Crippen LogP contribution in [-0.4, -0.2) is 92.9 Å². The molecular formula is C17H29N5O3. The number of hydrogen-bond donors (Lipinski definition) is 0. The number of aromatic nitrogens is 2. The van der Waals surface area contributed by atoms with Crippen molar-refractivity contribution in [3.8, 4) is 0 Å². The van der Waals surface area contributed by atoms with E-state index in [1.54, 1.807) is 26.1 Å². The lowest BCUT2D eigenvalue weighted by Crippen LogP contribution is -2.55. The van der Waals surface area contributed by atoms with Crippen LogP contribution < -0.4 is 4.90 Å². The van der Waals surface area contributed by atoms with E-state index in [2.05, 4.69) is 14.9 Å². The summed E-state index contributed by atoms with van der Waals surface area (Å²) in [5, 5.41) is 0. The van der Waals surface area contributed by atoms with E-state index in [4.69, 9.17) is 9.47 Å². The van der Waals surface area contributed by atoms with E-state index in [-0.39, 0.29) is 5.91 Å². The van der Waals surface area contributed by atoms with Crippen molar-refractivity contribution < 1.29 is 14.3 Å². The van der Waals surface area contributed by atoms with E-state index in [1.807, 2.05) is 31.4 Å². The average Bonchev–Trinajstić information content (AvgIpc) is 2.55. The lowest BCUT2D eigenvalue weighted by molar-refractivity contribution is -0.160. The summed E-state index contributed by atoms with van der Waals surface area (Å²) in [6.07, 6.45) is 4.00. The highest BCUT2D eigenvalue weighted by Crippen LogP contribution is 2.24. The fourth-order valence-corrected chi connectivity index (χ4v) is 2.92. The lowest BCUT2D eigenvalue weighted by atomic mass is 9.97. The molecule has 1 saturated heterocycles. The second kappa shape index (κ2) is 8.55. The standard InChI is InChI=1S/C17H29N5O3/c1-20(2)15(23)8-17(13-24-5)12-22(6-7-25-17)11-14-9-18-16(19-10-14)21(3)4/h9-10H,6-8,11-13H2,1-5H3/t17-/m1/s1. The molecule has 1 aromatic heterocycles. The van der Waals surface area contributed by atoms with Gasteiger partial charge in [0.2, 0.25) is 11.9 Å². The van der Waals surface area contributed by atoms with Gasteiger partial charge in [0, 0.05) is 72.9 Å². The second-order valence-corrected chi connectivity index (χ2v) is 6.93. The first-order chi connectivity index (χ1) is 11.8. The predicted octanol–water partition coefficient (Wildman–Crippen LogP) is 0.238. The van der Waals surface area contributed by atoms with Crippen molar-refractivity contribution in [1.29, 1.82) is 0 Å². The summed E-state index contributed by atoms with van der Waals surface area (Å²) in [5.74, 6) is 0.730. The summed E-state index contributed by atoms with van der Waals surface area (Å²) in [6.45, 7) is 3.12. The molecule has 1 atom stereocenters. The zero-order valence-corrected chi connectivity index (χ0v) is 15.9. The van der Waals surface area contributed by atoms with E-state index in [0.29, 0.717) is 32.1 Å². The number of carbonyl (C=O) groups excluding carboxylic acids is 1. The summed E-state index contributed by atoms with van der Waals surface area (Å²) in [7, 11) is 8.98. The molecule has 1 amide bonds. The van der Waals surface area contributed by atoms with Crippen LogP contribution in [0.2, 0.25) is 0 Å². The normalized spacial score (nSPS) is 21.2. The van der Waals surface area contributed by atoms with Crippen molar-refractivity contribution in [2.45, 2.75) is 18.6 Å². The molecule has 0 aromatic carbocycles. The van der Waals surface area contributed by atoms with Gasteiger partial charge in [-0.15, -0.1) is 0 Å². The van der Waals surface area contributed by atoms with Gasteiger partial charge in [-0.05, 0) is 0 Å². The SMILES string of the molecule is COC[C@@]1(CC(=O)N(C)C)CN(Cc2cnc(N(C)C)nc2)CCO1. The molecule has 0 saturated carbocycles. The zero-order chi connectivity index (χ0) is 18.4. The third-order valence-corrected chi connectivity index (χ3v) is 4.20. The Morgan fingerprint density at radius 2 is 2.00 bits per heavy atom.